The summed E-state index contributed by atoms with van der Waals surface area (Å²) in [4.78, 5) is 0. The number of rotatable bonds is 1. The average molecular weight is 458 g/mol. The van der Waals surface area contributed by atoms with Crippen molar-refractivity contribution in [2.75, 3.05) is 7.11 Å². The molecular weight excluding hydrogens is 448 g/mol. The van der Waals surface area contributed by atoms with Gasteiger partial charge in [-0.2, -0.15) is 0 Å². The fraction of sp³-hybridized carbons (Fsp3) is 0.286. The van der Waals surface area contributed by atoms with E-state index in [0.717, 1.165) is 6.42 Å². The van der Waals surface area contributed by atoms with Crippen molar-refractivity contribution in [1.82, 2.24) is 0 Å². The van der Waals surface area contributed by atoms with Gasteiger partial charge in [0.2, 0.25) is 6.61 Å². The van der Waals surface area contributed by atoms with Gasteiger partial charge < -0.3 is 4.74 Å². The topological polar surface area (TPSA) is 109 Å². The fourth-order valence-corrected chi connectivity index (χ4v) is 0.941. The van der Waals surface area contributed by atoms with Crippen molar-refractivity contribution in [3.05, 3.63) is 51.5 Å². The van der Waals surface area contributed by atoms with Gasteiger partial charge in [-0.1, -0.05) is 17.9 Å². The monoisotopic (exact) mass is 458 g/mol. The number of methoxy groups -OCH3 is 1. The maximum Gasteiger partial charge on any atom is 0 e. The zero-order chi connectivity index (χ0) is 17.2. The Balaban J connectivity index is -0.0000000440. The summed E-state index contributed by atoms with van der Waals surface area (Å²) in [6.45, 7) is 25.0. The Kier molecular flexibility index (Phi) is 109. The van der Waals surface area contributed by atoms with E-state index in [4.69, 9.17) is 23.3 Å². The minimum Gasteiger partial charge on any atom is 0 e. The Hall–Kier alpha value is -1.35. The molecule has 2 radical (unpaired) electrons. The van der Waals surface area contributed by atoms with E-state index in [1.165, 1.54) is 18.4 Å². The molecule has 0 fully saturated rings. The van der Waals surface area contributed by atoms with Crippen LogP contribution in [0.2, 0.25) is 0 Å². The predicted molar refractivity (Wildman–Crippen MR) is 59.6 cm³/mol. The van der Waals surface area contributed by atoms with Crippen LogP contribution in [0.25, 0.3) is 0 Å². The van der Waals surface area contributed by atoms with Crippen LogP contribution in [0.4, 0.5) is 0 Å². The number of ether oxygens (including phenoxy) is 1. The molecule has 7 heteroatoms. The molecule has 0 unspecified atom stereocenters. The fourth-order valence-electron chi connectivity index (χ4n) is 0.941. The van der Waals surface area contributed by atoms with Gasteiger partial charge in [0.05, 0.1) is 0 Å². The van der Waals surface area contributed by atoms with Gasteiger partial charge in [0.1, 0.15) is 0 Å². The molecule has 6 nitrogen and oxygen atoms in total. The Labute approximate surface area is 139 Å². The van der Waals surface area contributed by atoms with Gasteiger partial charge >= 0.3 is 56.5 Å². The Morgan fingerprint density at radius 2 is 1.38 bits per heavy atom. The quantitative estimate of drug-likeness (QED) is 0.332. The third kappa shape index (κ3) is 45.6. The minimum atomic E-state index is 0. The van der Waals surface area contributed by atoms with Crippen molar-refractivity contribution >= 4 is 0 Å². The van der Waals surface area contributed by atoms with E-state index >= 15 is 0 Å². The second kappa shape index (κ2) is 62.4. The summed E-state index contributed by atoms with van der Waals surface area (Å²) in [6, 6.07) is 0. The van der Waals surface area contributed by atoms with Crippen molar-refractivity contribution in [2.45, 2.75) is 19.3 Å². The average Bonchev–Trinajstić information content (AvgIpc) is 3.11. The van der Waals surface area contributed by atoms with Crippen LogP contribution in [0.5, 0.6) is 0 Å². The molecule has 0 N–H and O–H groups in total. The van der Waals surface area contributed by atoms with Crippen LogP contribution in [0.1, 0.15) is 19.3 Å². The predicted octanol–water partition coefficient (Wildman–Crippen LogP) is 1.60. The molecule has 1 rings (SSSR count). The van der Waals surface area contributed by atoms with Gasteiger partial charge in [0, 0.05) is 28.2 Å². The van der Waals surface area contributed by atoms with Crippen molar-refractivity contribution in [3.63, 3.8) is 0 Å². The molecular formula is C14H10O6W. The Bertz CT molecular complexity index is 330. The molecule has 0 aromatic heterocycles. The van der Waals surface area contributed by atoms with E-state index in [-0.39, 0.29) is 21.1 Å². The molecule has 0 saturated carbocycles. The zero-order valence-electron chi connectivity index (χ0n) is 11.1. The Morgan fingerprint density at radius 1 is 0.952 bits per heavy atom. The summed E-state index contributed by atoms with van der Waals surface area (Å²) in [7, 11) is 1.55. The van der Waals surface area contributed by atoms with Gasteiger partial charge in [-0.3, -0.25) is 0 Å². The third-order valence-electron chi connectivity index (χ3n) is 1.42. The minimum absolute atomic E-state index is 0. The first-order valence-corrected chi connectivity index (χ1v) is 4.43. The van der Waals surface area contributed by atoms with Crippen LogP contribution in [0, 0.1) is 51.7 Å². The van der Waals surface area contributed by atoms with E-state index in [0.29, 0.717) is 0 Å². The first-order chi connectivity index (χ1) is 9.93. The molecule has 1 aliphatic rings. The van der Waals surface area contributed by atoms with Crippen LogP contribution < -0.4 is 0 Å². The molecule has 0 aliphatic heterocycles. The van der Waals surface area contributed by atoms with Crippen LogP contribution in [0.3, 0.4) is 0 Å². The van der Waals surface area contributed by atoms with Crippen LogP contribution in [0.15, 0.2) is 11.6 Å². The molecule has 0 heterocycles. The molecule has 21 heavy (non-hydrogen) atoms. The van der Waals surface area contributed by atoms with Crippen molar-refractivity contribution < 1.29 is 49.1 Å². The van der Waals surface area contributed by atoms with Crippen molar-refractivity contribution in [3.8, 4) is 11.8 Å². The van der Waals surface area contributed by atoms with Gasteiger partial charge in [0.25, 0.3) is 0 Å². The van der Waals surface area contributed by atoms with Crippen molar-refractivity contribution in [2.24, 2.45) is 0 Å². The summed E-state index contributed by atoms with van der Waals surface area (Å²) in [5, 5.41) is 0. The first-order valence-electron chi connectivity index (χ1n) is 4.43. The van der Waals surface area contributed by atoms with Crippen LogP contribution >= 0.6 is 0 Å². The van der Waals surface area contributed by atoms with Crippen molar-refractivity contribution in [1.29, 1.82) is 0 Å². The van der Waals surface area contributed by atoms with Crippen LogP contribution in [-0.2, 0) is 49.1 Å². The molecule has 0 atom stereocenters. The summed E-state index contributed by atoms with van der Waals surface area (Å²) in [5.41, 5.74) is 1.23. The number of allylic oxidation sites excluding steroid dienone is 2. The normalized spacial score (nSPS) is 8.05. The summed E-state index contributed by atoms with van der Waals surface area (Å²) < 4.78 is 42.1. The smallest absolute Gasteiger partial charge is 0 e. The molecule has 0 aromatic rings. The molecule has 0 spiro atoms. The van der Waals surface area contributed by atoms with Gasteiger partial charge in [-0.15, -0.1) is 0 Å². The molecule has 0 amide bonds. The second-order valence-electron chi connectivity index (χ2n) is 2.18. The van der Waals surface area contributed by atoms with Gasteiger partial charge in [0.15, 0.2) is 0 Å². The molecule has 0 aromatic carbocycles. The molecule has 0 bridgehead atoms. The summed E-state index contributed by atoms with van der Waals surface area (Å²) in [5.74, 6) is 5.64. The van der Waals surface area contributed by atoms with Gasteiger partial charge in [-0.05, 0) is 24.8 Å². The SMILES string of the molecule is CO[C]C#CC1=CCCC1.[C-]#[O+].[C-]#[O+].[C-]#[O+].[C-]#[O+].[C-]#[O+].[W]. The second-order valence-corrected chi connectivity index (χ2v) is 2.18. The summed E-state index contributed by atoms with van der Waals surface area (Å²) >= 11 is 0. The molecule has 0 saturated heterocycles. The Morgan fingerprint density at radius 3 is 1.67 bits per heavy atom. The molecule has 108 valence electrons. The maximum absolute atomic E-state index is 7.50. The van der Waals surface area contributed by atoms with Gasteiger partial charge in [-0.25, -0.2) is 0 Å². The zero-order valence-corrected chi connectivity index (χ0v) is 14.0. The number of hydrogen-bond acceptors (Lipinski definition) is 1. The summed E-state index contributed by atoms with van der Waals surface area (Å²) in [6.07, 6.45) is 5.72. The van der Waals surface area contributed by atoms with E-state index < -0.39 is 0 Å². The van der Waals surface area contributed by atoms with E-state index in [2.05, 4.69) is 62.5 Å². The van der Waals surface area contributed by atoms with E-state index in [1.54, 1.807) is 7.11 Å². The largest absolute Gasteiger partial charge is 0 e. The maximum atomic E-state index is 7.50. The standard InChI is InChI=1S/C9H10O.5CO.W/c1-10-8-4-7-9-5-2-3-6-9;5*1-2;/h5H,2-3,6H2,1H3;;;;;;. The van der Waals surface area contributed by atoms with E-state index in [9.17, 15) is 0 Å². The third-order valence-corrected chi connectivity index (χ3v) is 1.42. The van der Waals surface area contributed by atoms with Crippen LogP contribution in [-0.4, -0.2) is 7.11 Å². The number of hydrogen-bond donors (Lipinski definition) is 0. The van der Waals surface area contributed by atoms with E-state index in [1.807, 2.05) is 0 Å². The molecule has 1 aliphatic carbocycles. The first kappa shape index (κ1) is 36.7.